The van der Waals surface area contributed by atoms with Crippen LogP contribution in [0.4, 0.5) is 5.69 Å². The Morgan fingerprint density at radius 3 is 2.72 bits per heavy atom. The molecule has 3 aromatic rings. The number of rotatable bonds is 5. The van der Waals surface area contributed by atoms with Gasteiger partial charge in [-0.25, -0.2) is 0 Å². The van der Waals surface area contributed by atoms with Crippen molar-refractivity contribution in [1.29, 1.82) is 0 Å². The normalized spacial score (nSPS) is 15.1. The number of carbonyl (C=O) groups is 1. The number of hydrogen-bond donors (Lipinski definition) is 1. The van der Waals surface area contributed by atoms with Gasteiger partial charge in [0.2, 0.25) is 0 Å². The number of nitrogens with one attached hydrogen (secondary N) is 1. The smallest absolute Gasteiger partial charge is 0.281 e. The Balaban J connectivity index is 1.46. The quantitative estimate of drug-likeness (QED) is 0.377. The summed E-state index contributed by atoms with van der Waals surface area (Å²) >= 11 is 14.8. The van der Waals surface area contributed by atoms with Gasteiger partial charge in [0.15, 0.2) is 5.11 Å². The van der Waals surface area contributed by atoms with Crippen LogP contribution < -0.4 is 15.0 Å². The zero-order valence-electron chi connectivity index (χ0n) is 14.9. The summed E-state index contributed by atoms with van der Waals surface area (Å²) in [4.78, 5) is 14.2. The number of para-hydroxylation sites is 1. The first-order valence-electron chi connectivity index (χ1n) is 8.60. The number of hydrogen-bond acceptors (Lipinski definition) is 4. The third kappa shape index (κ3) is 4.37. The van der Waals surface area contributed by atoms with Gasteiger partial charge in [0, 0.05) is 10.5 Å². The van der Waals surface area contributed by atoms with Crippen molar-refractivity contribution >= 4 is 62.5 Å². The molecule has 0 radical (unpaired) electrons. The van der Waals surface area contributed by atoms with Crippen LogP contribution in [0.25, 0.3) is 6.08 Å². The van der Waals surface area contributed by atoms with Gasteiger partial charge in [-0.15, -0.1) is 0 Å². The molecule has 2 aromatic carbocycles. The summed E-state index contributed by atoms with van der Waals surface area (Å²) in [6.07, 6.45) is 1.62. The van der Waals surface area contributed by atoms with Crippen LogP contribution in [0, 0.1) is 0 Å². The minimum Gasteiger partial charge on any atom is -0.484 e. The van der Waals surface area contributed by atoms with Gasteiger partial charge >= 0.3 is 0 Å². The van der Waals surface area contributed by atoms with Crippen LogP contribution in [-0.4, -0.2) is 11.0 Å². The standard InChI is InChI=1S/C21H14BrClN2O3S/c22-13-6-9-19(17(23)10-13)27-12-16-8-7-15(28-16)11-18-20(26)25(21(29)24-18)14-4-2-1-3-5-14/h1-11H,12H2,(H,24,29)/b18-11+. The maximum Gasteiger partial charge on any atom is 0.281 e. The number of halogens is 2. The summed E-state index contributed by atoms with van der Waals surface area (Å²) in [5.41, 5.74) is 1.05. The molecule has 1 amide bonds. The van der Waals surface area contributed by atoms with Gasteiger partial charge in [-0.1, -0.05) is 45.7 Å². The van der Waals surface area contributed by atoms with Gasteiger partial charge in [0.05, 0.1) is 10.7 Å². The molecule has 5 nitrogen and oxygen atoms in total. The first kappa shape index (κ1) is 19.7. The highest BCUT2D eigenvalue weighted by Gasteiger charge is 2.32. The minimum atomic E-state index is -0.239. The lowest BCUT2D eigenvalue weighted by atomic mass is 10.3. The van der Waals surface area contributed by atoms with Crippen molar-refractivity contribution in [2.75, 3.05) is 4.90 Å². The molecule has 1 aliphatic rings. The molecular formula is C21H14BrClN2O3S. The van der Waals surface area contributed by atoms with Gasteiger partial charge in [0.25, 0.3) is 5.91 Å². The van der Waals surface area contributed by atoms with E-state index in [1.54, 1.807) is 30.3 Å². The highest BCUT2D eigenvalue weighted by molar-refractivity contribution is 9.10. The van der Waals surface area contributed by atoms with E-state index in [-0.39, 0.29) is 12.5 Å². The summed E-state index contributed by atoms with van der Waals surface area (Å²) < 4.78 is 12.3. The van der Waals surface area contributed by atoms with E-state index < -0.39 is 0 Å². The van der Waals surface area contributed by atoms with Crippen molar-refractivity contribution < 1.29 is 13.9 Å². The lowest BCUT2D eigenvalue weighted by Gasteiger charge is -2.13. The molecule has 2 heterocycles. The number of benzene rings is 2. The Labute approximate surface area is 186 Å². The van der Waals surface area contributed by atoms with Crippen LogP contribution in [0.15, 0.2) is 75.3 Å². The Morgan fingerprint density at radius 1 is 1.17 bits per heavy atom. The molecule has 0 spiro atoms. The van der Waals surface area contributed by atoms with Crippen molar-refractivity contribution in [3.05, 3.63) is 87.4 Å². The van der Waals surface area contributed by atoms with Crippen LogP contribution in [0.1, 0.15) is 11.5 Å². The van der Waals surface area contributed by atoms with Crippen molar-refractivity contribution in [1.82, 2.24) is 5.32 Å². The van der Waals surface area contributed by atoms with E-state index in [4.69, 9.17) is 33.0 Å². The number of ether oxygens (including phenoxy) is 1. The third-order valence-electron chi connectivity index (χ3n) is 4.13. The number of amides is 1. The molecule has 1 fully saturated rings. The number of carbonyl (C=O) groups excluding carboxylic acids is 1. The fraction of sp³-hybridized carbons (Fsp3) is 0.0476. The summed E-state index contributed by atoms with van der Waals surface area (Å²) in [5.74, 6) is 1.43. The maximum absolute atomic E-state index is 12.7. The molecule has 0 atom stereocenters. The zero-order chi connectivity index (χ0) is 20.4. The molecule has 146 valence electrons. The number of thiocarbonyl (C=S) groups is 1. The second-order valence-electron chi connectivity index (χ2n) is 6.13. The minimum absolute atomic E-state index is 0.209. The average Bonchev–Trinajstić information content (AvgIpc) is 3.26. The fourth-order valence-electron chi connectivity index (χ4n) is 2.78. The van der Waals surface area contributed by atoms with E-state index in [0.29, 0.717) is 38.8 Å². The van der Waals surface area contributed by atoms with Gasteiger partial charge in [0.1, 0.15) is 29.6 Å². The highest BCUT2D eigenvalue weighted by atomic mass is 79.9. The largest absolute Gasteiger partial charge is 0.484 e. The van der Waals surface area contributed by atoms with E-state index in [0.717, 1.165) is 4.47 Å². The van der Waals surface area contributed by atoms with Gasteiger partial charge in [-0.2, -0.15) is 0 Å². The molecule has 29 heavy (non-hydrogen) atoms. The van der Waals surface area contributed by atoms with E-state index in [1.807, 2.05) is 36.4 Å². The predicted octanol–water partition coefficient (Wildman–Crippen LogP) is 5.54. The molecule has 0 unspecified atom stereocenters. The molecule has 1 saturated heterocycles. The summed E-state index contributed by atoms with van der Waals surface area (Å²) in [5, 5.41) is 3.77. The van der Waals surface area contributed by atoms with Crippen molar-refractivity contribution in [2.24, 2.45) is 0 Å². The third-order valence-corrected chi connectivity index (χ3v) is 5.20. The Morgan fingerprint density at radius 2 is 1.97 bits per heavy atom. The number of nitrogens with zero attached hydrogens (tertiary/aromatic N) is 1. The van der Waals surface area contributed by atoms with Crippen LogP contribution in [0.5, 0.6) is 5.75 Å². The molecule has 1 N–H and O–H groups in total. The SMILES string of the molecule is O=C1/C(=C\c2ccc(COc3ccc(Br)cc3Cl)o2)NC(=S)N1c1ccccc1. The zero-order valence-corrected chi connectivity index (χ0v) is 18.1. The van der Waals surface area contributed by atoms with Gasteiger partial charge < -0.3 is 14.5 Å². The first-order valence-corrected chi connectivity index (χ1v) is 10.2. The summed E-state index contributed by atoms with van der Waals surface area (Å²) in [7, 11) is 0. The van der Waals surface area contributed by atoms with E-state index in [9.17, 15) is 4.79 Å². The molecule has 0 bridgehead atoms. The summed E-state index contributed by atoms with van der Waals surface area (Å²) in [6, 6.07) is 18.2. The number of anilines is 1. The second kappa shape index (κ2) is 8.41. The first-order chi connectivity index (χ1) is 14.0. The van der Waals surface area contributed by atoms with E-state index in [2.05, 4.69) is 21.2 Å². The van der Waals surface area contributed by atoms with Crippen LogP contribution >= 0.6 is 39.7 Å². The lowest BCUT2D eigenvalue weighted by molar-refractivity contribution is -0.113. The Hall–Kier alpha value is -2.61. The highest BCUT2D eigenvalue weighted by Crippen LogP contribution is 2.29. The van der Waals surface area contributed by atoms with Gasteiger partial charge in [-0.3, -0.25) is 9.69 Å². The van der Waals surface area contributed by atoms with Crippen LogP contribution in [-0.2, 0) is 11.4 Å². The molecule has 0 saturated carbocycles. The predicted molar refractivity (Wildman–Crippen MR) is 120 cm³/mol. The van der Waals surface area contributed by atoms with Crippen LogP contribution in [0.2, 0.25) is 5.02 Å². The summed E-state index contributed by atoms with van der Waals surface area (Å²) in [6.45, 7) is 0.209. The topological polar surface area (TPSA) is 54.7 Å². The molecule has 1 aliphatic heterocycles. The number of furan rings is 1. The molecule has 0 aliphatic carbocycles. The average molecular weight is 490 g/mol. The second-order valence-corrected chi connectivity index (χ2v) is 7.84. The van der Waals surface area contributed by atoms with Crippen LogP contribution in [0.3, 0.4) is 0 Å². The fourth-order valence-corrected chi connectivity index (χ4v) is 3.81. The van der Waals surface area contributed by atoms with Crippen molar-refractivity contribution in [2.45, 2.75) is 6.61 Å². The molecule has 4 rings (SSSR count). The lowest BCUT2D eigenvalue weighted by Crippen LogP contribution is -2.30. The Kier molecular flexibility index (Phi) is 5.71. The Bertz CT molecular complexity index is 1110. The molecule has 1 aromatic heterocycles. The van der Waals surface area contributed by atoms with Crippen molar-refractivity contribution in [3.63, 3.8) is 0 Å². The van der Waals surface area contributed by atoms with E-state index >= 15 is 0 Å². The van der Waals surface area contributed by atoms with Crippen molar-refractivity contribution in [3.8, 4) is 5.75 Å². The maximum atomic E-state index is 12.7. The molecular weight excluding hydrogens is 476 g/mol. The molecule has 8 heteroatoms. The monoisotopic (exact) mass is 488 g/mol. The van der Waals surface area contributed by atoms with Gasteiger partial charge in [-0.05, 0) is 54.7 Å². The van der Waals surface area contributed by atoms with E-state index in [1.165, 1.54) is 4.90 Å².